The molecule has 0 radical (unpaired) electrons. The average Bonchev–Trinajstić information content (AvgIpc) is 2.98. The molecule has 3 N–H and O–H groups in total. The molecule has 2 rings (SSSR count). The Bertz CT molecular complexity index is 518. The summed E-state index contributed by atoms with van der Waals surface area (Å²) in [4.78, 5) is 19.0. The van der Waals surface area contributed by atoms with Crippen molar-refractivity contribution in [3.8, 4) is 0 Å². The number of nitrogens with one attached hydrogen (secondary N) is 1. The van der Waals surface area contributed by atoms with Crippen LogP contribution in [0.2, 0.25) is 5.02 Å². The molecule has 0 spiro atoms. The summed E-state index contributed by atoms with van der Waals surface area (Å²) in [6.45, 7) is 6.00. The first-order valence-electron chi connectivity index (χ1n) is 7.92. The lowest BCUT2D eigenvalue weighted by Gasteiger charge is -2.30. The lowest BCUT2D eigenvalue weighted by atomic mass is 9.81. The first-order valence-corrected chi connectivity index (χ1v) is 8.30. The van der Waals surface area contributed by atoms with Gasteiger partial charge in [0, 0.05) is 31.9 Å². The maximum atomic E-state index is 12.6. The van der Waals surface area contributed by atoms with Crippen LogP contribution in [0, 0.1) is 5.41 Å². The van der Waals surface area contributed by atoms with Crippen molar-refractivity contribution in [2.75, 3.05) is 24.5 Å². The summed E-state index contributed by atoms with van der Waals surface area (Å²) < 4.78 is 0. The van der Waals surface area contributed by atoms with Gasteiger partial charge < -0.3 is 16.0 Å². The molecule has 1 aromatic heterocycles. The fourth-order valence-corrected chi connectivity index (χ4v) is 3.21. The van der Waals surface area contributed by atoms with Crippen molar-refractivity contribution < 1.29 is 4.79 Å². The molecule has 1 amide bonds. The zero-order chi connectivity index (χ0) is 16.2. The second-order valence-electron chi connectivity index (χ2n) is 5.91. The van der Waals surface area contributed by atoms with E-state index < -0.39 is 5.41 Å². The highest BCUT2D eigenvalue weighted by Crippen LogP contribution is 2.28. The summed E-state index contributed by atoms with van der Waals surface area (Å²) in [5.74, 6) is 0.857. The van der Waals surface area contributed by atoms with Gasteiger partial charge in [-0.3, -0.25) is 4.79 Å². The molecule has 138 valence electrons. The first kappa shape index (κ1) is 23.2. The van der Waals surface area contributed by atoms with Crippen LogP contribution in [-0.2, 0) is 4.79 Å². The van der Waals surface area contributed by atoms with E-state index in [2.05, 4.69) is 15.2 Å². The van der Waals surface area contributed by atoms with E-state index in [0.717, 1.165) is 38.2 Å². The predicted molar refractivity (Wildman–Crippen MR) is 105 cm³/mol. The van der Waals surface area contributed by atoms with Gasteiger partial charge in [-0.05, 0) is 31.4 Å². The Kier molecular flexibility index (Phi) is 9.97. The van der Waals surface area contributed by atoms with Gasteiger partial charge in [0.05, 0.1) is 10.4 Å². The maximum Gasteiger partial charge on any atom is 0.227 e. The first-order chi connectivity index (χ1) is 10.6. The predicted octanol–water partition coefficient (Wildman–Crippen LogP) is 3.04. The van der Waals surface area contributed by atoms with Gasteiger partial charge in [-0.25, -0.2) is 4.98 Å². The molecule has 1 atom stereocenters. The number of hydrogen-bond acceptors (Lipinski definition) is 4. The molecular formula is C16H27Cl3N4O. The van der Waals surface area contributed by atoms with E-state index in [1.54, 1.807) is 6.20 Å². The summed E-state index contributed by atoms with van der Waals surface area (Å²) in [5.41, 5.74) is 5.40. The molecule has 8 heteroatoms. The van der Waals surface area contributed by atoms with Gasteiger partial charge in [-0.2, -0.15) is 0 Å². The van der Waals surface area contributed by atoms with Crippen molar-refractivity contribution in [3.63, 3.8) is 0 Å². The van der Waals surface area contributed by atoms with Crippen molar-refractivity contribution in [3.05, 3.63) is 23.4 Å². The third-order valence-electron chi connectivity index (χ3n) is 4.79. The number of carbonyl (C=O) groups excluding carboxylic acids is 1. The van der Waals surface area contributed by atoms with E-state index in [1.165, 1.54) is 0 Å². The quantitative estimate of drug-likeness (QED) is 0.774. The van der Waals surface area contributed by atoms with Crippen LogP contribution in [0.25, 0.3) is 0 Å². The molecule has 1 fully saturated rings. The van der Waals surface area contributed by atoms with Crippen LogP contribution < -0.4 is 16.0 Å². The summed E-state index contributed by atoms with van der Waals surface area (Å²) in [6.07, 6.45) is 4.15. The van der Waals surface area contributed by atoms with E-state index in [1.807, 2.05) is 26.0 Å². The Labute approximate surface area is 161 Å². The second kappa shape index (κ2) is 10.3. The molecule has 1 aromatic rings. The number of amides is 1. The summed E-state index contributed by atoms with van der Waals surface area (Å²) in [7, 11) is 0. The van der Waals surface area contributed by atoms with Gasteiger partial charge in [0.2, 0.25) is 5.91 Å². The van der Waals surface area contributed by atoms with Crippen LogP contribution in [0.15, 0.2) is 18.3 Å². The van der Waals surface area contributed by atoms with Crippen LogP contribution in [-0.4, -0.2) is 36.6 Å². The maximum absolute atomic E-state index is 12.6. The summed E-state index contributed by atoms with van der Waals surface area (Å²) in [5, 5.41) is 3.81. The highest BCUT2D eigenvalue weighted by atomic mass is 35.5. The molecule has 24 heavy (non-hydrogen) atoms. The van der Waals surface area contributed by atoms with Crippen LogP contribution in [0.1, 0.15) is 33.1 Å². The Balaban J connectivity index is 0.00000264. The summed E-state index contributed by atoms with van der Waals surface area (Å²) in [6, 6.07) is 3.78. The number of pyridine rings is 1. The number of rotatable bonds is 6. The SMILES string of the molecule is CCC(CC)(CN)C(=O)NC1CCN(c2ncccc2Cl)C1.Cl.Cl. The molecule has 0 saturated carbocycles. The molecule has 2 heterocycles. The summed E-state index contributed by atoms with van der Waals surface area (Å²) >= 11 is 6.19. The Morgan fingerprint density at radius 3 is 2.67 bits per heavy atom. The normalized spacial score (nSPS) is 17.0. The number of anilines is 1. The minimum absolute atomic E-state index is 0. The minimum Gasteiger partial charge on any atom is -0.353 e. The smallest absolute Gasteiger partial charge is 0.227 e. The highest BCUT2D eigenvalue weighted by molar-refractivity contribution is 6.32. The monoisotopic (exact) mass is 396 g/mol. The van der Waals surface area contributed by atoms with Crippen LogP contribution in [0.3, 0.4) is 0 Å². The molecule has 0 aromatic carbocycles. The molecule has 1 saturated heterocycles. The van der Waals surface area contributed by atoms with Gasteiger partial charge in [-0.1, -0.05) is 25.4 Å². The Morgan fingerprint density at radius 1 is 1.46 bits per heavy atom. The van der Waals surface area contributed by atoms with Gasteiger partial charge in [-0.15, -0.1) is 24.8 Å². The highest BCUT2D eigenvalue weighted by Gasteiger charge is 2.36. The van der Waals surface area contributed by atoms with Crippen molar-refractivity contribution in [1.29, 1.82) is 0 Å². The Hall–Kier alpha value is -0.750. The van der Waals surface area contributed by atoms with E-state index in [0.29, 0.717) is 11.6 Å². The Morgan fingerprint density at radius 2 is 2.12 bits per heavy atom. The van der Waals surface area contributed by atoms with Crippen molar-refractivity contribution in [2.45, 2.75) is 39.2 Å². The topological polar surface area (TPSA) is 71.2 Å². The molecule has 0 bridgehead atoms. The van der Waals surface area contributed by atoms with E-state index in [-0.39, 0.29) is 36.8 Å². The minimum atomic E-state index is -0.448. The van der Waals surface area contributed by atoms with Crippen LogP contribution >= 0.6 is 36.4 Å². The third kappa shape index (κ3) is 4.88. The zero-order valence-corrected chi connectivity index (χ0v) is 16.5. The van der Waals surface area contributed by atoms with Crippen LogP contribution in [0.4, 0.5) is 5.82 Å². The molecule has 5 nitrogen and oxygen atoms in total. The number of nitrogens with zero attached hydrogens (tertiary/aromatic N) is 2. The lowest BCUT2D eigenvalue weighted by molar-refractivity contribution is -0.131. The fourth-order valence-electron chi connectivity index (χ4n) is 2.97. The molecule has 1 aliphatic rings. The largest absolute Gasteiger partial charge is 0.353 e. The van der Waals surface area contributed by atoms with Crippen LogP contribution in [0.5, 0.6) is 0 Å². The number of aromatic nitrogens is 1. The van der Waals surface area contributed by atoms with Gasteiger partial charge in [0.1, 0.15) is 5.82 Å². The second-order valence-corrected chi connectivity index (χ2v) is 6.31. The van der Waals surface area contributed by atoms with Crippen molar-refractivity contribution in [2.24, 2.45) is 11.1 Å². The van der Waals surface area contributed by atoms with E-state index >= 15 is 0 Å². The van der Waals surface area contributed by atoms with E-state index in [9.17, 15) is 4.79 Å². The number of nitrogens with two attached hydrogens (primary N) is 1. The zero-order valence-electron chi connectivity index (χ0n) is 14.1. The standard InChI is InChI=1S/C16H25ClN4O.2ClH/c1-3-16(4-2,11-18)15(22)20-12-7-9-21(10-12)14-13(17)6-5-8-19-14;;/h5-6,8,12H,3-4,7,9-11,18H2,1-2H3,(H,20,22);2*1H. The van der Waals surface area contributed by atoms with Crippen molar-refractivity contribution in [1.82, 2.24) is 10.3 Å². The van der Waals surface area contributed by atoms with Crippen molar-refractivity contribution >= 4 is 48.1 Å². The number of carbonyl (C=O) groups is 1. The van der Waals surface area contributed by atoms with Gasteiger partial charge in [0.15, 0.2) is 0 Å². The molecule has 1 aliphatic heterocycles. The molecule has 0 aliphatic carbocycles. The number of hydrogen-bond donors (Lipinski definition) is 2. The molecular weight excluding hydrogens is 371 g/mol. The van der Waals surface area contributed by atoms with Gasteiger partial charge in [0.25, 0.3) is 0 Å². The third-order valence-corrected chi connectivity index (χ3v) is 5.08. The molecule has 1 unspecified atom stereocenters. The number of halogens is 3. The average molecular weight is 398 g/mol. The fraction of sp³-hybridized carbons (Fsp3) is 0.625. The van der Waals surface area contributed by atoms with E-state index in [4.69, 9.17) is 17.3 Å². The lowest BCUT2D eigenvalue weighted by Crippen LogP contribution is -2.49. The van der Waals surface area contributed by atoms with Gasteiger partial charge >= 0.3 is 0 Å².